The molecule has 1 atom stereocenters. The predicted octanol–water partition coefficient (Wildman–Crippen LogP) is 2.94. The van der Waals surface area contributed by atoms with Crippen molar-refractivity contribution in [3.63, 3.8) is 0 Å². The Morgan fingerprint density at radius 2 is 1.67 bits per heavy atom. The van der Waals surface area contributed by atoms with E-state index in [-0.39, 0.29) is 24.8 Å². The second-order valence-electron chi connectivity index (χ2n) is 7.16. The molecular formula is C23H28N2O5. The first-order chi connectivity index (χ1) is 14.5. The Kier molecular flexibility index (Phi) is 6.82. The largest absolute Gasteiger partial charge is 0.496 e. The molecule has 3 rings (SSSR count). The van der Waals surface area contributed by atoms with Crippen LogP contribution in [0.4, 0.5) is 5.69 Å². The monoisotopic (exact) mass is 412 g/mol. The topological polar surface area (TPSA) is 77.1 Å². The molecule has 0 aliphatic carbocycles. The van der Waals surface area contributed by atoms with Crippen molar-refractivity contribution >= 4 is 17.5 Å². The SMILES string of the molecule is CCc1ccc(N2C[C@H](C(=O)NCc3cc(OC)c(OC)cc3OC)CC2=O)cc1. The maximum atomic E-state index is 12.7. The fraction of sp³-hybridized carbons (Fsp3) is 0.391. The number of anilines is 1. The molecule has 0 saturated carbocycles. The standard InChI is InChI=1S/C23H28N2O5/c1-5-15-6-8-18(9-7-15)25-14-17(11-22(25)26)23(27)24-13-16-10-20(29-3)21(30-4)12-19(16)28-2/h6-10,12,17H,5,11,13-14H2,1-4H3,(H,24,27)/t17-/m1/s1. The van der Waals surface area contributed by atoms with Crippen molar-refractivity contribution in [3.05, 3.63) is 47.5 Å². The van der Waals surface area contributed by atoms with Gasteiger partial charge in [0.25, 0.3) is 0 Å². The van der Waals surface area contributed by atoms with Gasteiger partial charge in [0.1, 0.15) is 5.75 Å². The smallest absolute Gasteiger partial charge is 0.227 e. The van der Waals surface area contributed by atoms with E-state index in [1.807, 2.05) is 24.3 Å². The molecule has 160 valence electrons. The summed E-state index contributed by atoms with van der Waals surface area (Å²) in [6.07, 6.45) is 1.14. The highest BCUT2D eigenvalue weighted by Gasteiger charge is 2.35. The first-order valence-electron chi connectivity index (χ1n) is 9.96. The van der Waals surface area contributed by atoms with E-state index in [0.29, 0.717) is 23.8 Å². The quantitative estimate of drug-likeness (QED) is 0.721. The Bertz CT molecular complexity index is 911. The van der Waals surface area contributed by atoms with Crippen LogP contribution < -0.4 is 24.4 Å². The summed E-state index contributed by atoms with van der Waals surface area (Å²) in [5.41, 5.74) is 2.80. The normalized spacial score (nSPS) is 15.8. The molecule has 7 heteroatoms. The van der Waals surface area contributed by atoms with Gasteiger partial charge in [0.05, 0.1) is 27.2 Å². The summed E-state index contributed by atoms with van der Waals surface area (Å²) >= 11 is 0. The molecule has 1 heterocycles. The van der Waals surface area contributed by atoms with E-state index in [1.165, 1.54) is 5.56 Å². The summed E-state index contributed by atoms with van der Waals surface area (Å²) < 4.78 is 16.0. The highest BCUT2D eigenvalue weighted by molar-refractivity contribution is 6.00. The third kappa shape index (κ3) is 4.50. The Balaban J connectivity index is 1.66. The average Bonchev–Trinajstić information content (AvgIpc) is 3.18. The van der Waals surface area contributed by atoms with Crippen LogP contribution >= 0.6 is 0 Å². The Hall–Kier alpha value is -3.22. The maximum absolute atomic E-state index is 12.7. The maximum Gasteiger partial charge on any atom is 0.227 e. The van der Waals surface area contributed by atoms with Crippen molar-refractivity contribution < 1.29 is 23.8 Å². The molecule has 0 spiro atoms. The number of carbonyl (C=O) groups is 2. The number of rotatable bonds is 8. The number of hydrogen-bond acceptors (Lipinski definition) is 5. The van der Waals surface area contributed by atoms with E-state index in [1.54, 1.807) is 38.4 Å². The number of amides is 2. The first-order valence-corrected chi connectivity index (χ1v) is 9.96. The molecule has 30 heavy (non-hydrogen) atoms. The zero-order valence-corrected chi connectivity index (χ0v) is 17.9. The van der Waals surface area contributed by atoms with E-state index in [4.69, 9.17) is 14.2 Å². The van der Waals surface area contributed by atoms with Gasteiger partial charge in [-0.25, -0.2) is 0 Å². The van der Waals surface area contributed by atoms with Gasteiger partial charge >= 0.3 is 0 Å². The van der Waals surface area contributed by atoms with Gasteiger partial charge in [-0.2, -0.15) is 0 Å². The lowest BCUT2D eigenvalue weighted by atomic mass is 10.1. The van der Waals surface area contributed by atoms with E-state index >= 15 is 0 Å². The Morgan fingerprint density at radius 1 is 1.03 bits per heavy atom. The molecule has 0 radical (unpaired) electrons. The zero-order valence-electron chi connectivity index (χ0n) is 17.9. The van der Waals surface area contributed by atoms with Crippen LogP contribution in [-0.2, 0) is 22.6 Å². The molecule has 0 unspecified atom stereocenters. The van der Waals surface area contributed by atoms with Gasteiger partial charge in [0.15, 0.2) is 11.5 Å². The minimum Gasteiger partial charge on any atom is -0.496 e. The second-order valence-corrected chi connectivity index (χ2v) is 7.16. The molecular weight excluding hydrogens is 384 g/mol. The predicted molar refractivity (Wildman–Crippen MR) is 114 cm³/mol. The summed E-state index contributed by atoms with van der Waals surface area (Å²) in [6.45, 7) is 2.72. The minimum atomic E-state index is -0.394. The van der Waals surface area contributed by atoms with Gasteiger partial charge in [-0.3, -0.25) is 9.59 Å². The molecule has 7 nitrogen and oxygen atoms in total. The molecule has 2 aromatic carbocycles. The lowest BCUT2D eigenvalue weighted by Gasteiger charge is -2.18. The molecule has 1 aliphatic heterocycles. The molecule has 2 aromatic rings. The van der Waals surface area contributed by atoms with Gasteiger partial charge in [0.2, 0.25) is 11.8 Å². The Labute approximate surface area is 176 Å². The van der Waals surface area contributed by atoms with Crippen LogP contribution in [0.25, 0.3) is 0 Å². The van der Waals surface area contributed by atoms with Gasteiger partial charge in [-0.15, -0.1) is 0 Å². The van der Waals surface area contributed by atoms with Crippen molar-refractivity contribution in [2.45, 2.75) is 26.3 Å². The van der Waals surface area contributed by atoms with Crippen molar-refractivity contribution in [3.8, 4) is 17.2 Å². The van der Waals surface area contributed by atoms with Crippen LogP contribution in [-0.4, -0.2) is 39.7 Å². The van der Waals surface area contributed by atoms with Crippen LogP contribution in [0.3, 0.4) is 0 Å². The summed E-state index contributed by atoms with van der Waals surface area (Å²) in [7, 11) is 4.67. The third-order valence-electron chi connectivity index (χ3n) is 5.39. The number of benzene rings is 2. The molecule has 1 aliphatic rings. The molecule has 0 aromatic heterocycles. The van der Waals surface area contributed by atoms with E-state index in [0.717, 1.165) is 17.7 Å². The highest BCUT2D eigenvalue weighted by Crippen LogP contribution is 2.34. The fourth-order valence-electron chi connectivity index (χ4n) is 3.60. The number of methoxy groups -OCH3 is 3. The molecule has 1 N–H and O–H groups in total. The third-order valence-corrected chi connectivity index (χ3v) is 5.39. The summed E-state index contributed by atoms with van der Waals surface area (Å²) in [6, 6.07) is 11.4. The minimum absolute atomic E-state index is 0.0388. The van der Waals surface area contributed by atoms with Crippen molar-refractivity contribution in [2.24, 2.45) is 5.92 Å². The van der Waals surface area contributed by atoms with Crippen LogP contribution in [0.1, 0.15) is 24.5 Å². The molecule has 1 fully saturated rings. The lowest BCUT2D eigenvalue weighted by Crippen LogP contribution is -2.32. The fourth-order valence-corrected chi connectivity index (χ4v) is 3.60. The van der Waals surface area contributed by atoms with Crippen LogP contribution in [0.5, 0.6) is 17.2 Å². The van der Waals surface area contributed by atoms with Gasteiger partial charge in [-0.1, -0.05) is 19.1 Å². The Morgan fingerprint density at radius 3 is 2.27 bits per heavy atom. The molecule has 1 saturated heterocycles. The summed E-state index contributed by atoms with van der Waals surface area (Å²) in [4.78, 5) is 26.9. The van der Waals surface area contributed by atoms with Gasteiger partial charge in [0, 0.05) is 36.8 Å². The highest BCUT2D eigenvalue weighted by atomic mass is 16.5. The van der Waals surface area contributed by atoms with Crippen molar-refractivity contribution in [1.29, 1.82) is 0 Å². The van der Waals surface area contributed by atoms with E-state index < -0.39 is 5.92 Å². The summed E-state index contributed by atoms with van der Waals surface area (Å²) in [5, 5.41) is 2.92. The average molecular weight is 412 g/mol. The van der Waals surface area contributed by atoms with Gasteiger partial charge in [-0.05, 0) is 30.2 Å². The van der Waals surface area contributed by atoms with Crippen molar-refractivity contribution in [2.75, 3.05) is 32.8 Å². The number of hydrogen-bond donors (Lipinski definition) is 1. The van der Waals surface area contributed by atoms with E-state index in [2.05, 4.69) is 12.2 Å². The molecule has 2 amide bonds. The number of carbonyl (C=O) groups excluding carboxylic acids is 2. The first kappa shape index (κ1) is 21.5. The van der Waals surface area contributed by atoms with Crippen LogP contribution in [0.2, 0.25) is 0 Å². The number of nitrogens with one attached hydrogen (secondary N) is 1. The van der Waals surface area contributed by atoms with Crippen LogP contribution in [0.15, 0.2) is 36.4 Å². The summed E-state index contributed by atoms with van der Waals surface area (Å²) in [5.74, 6) is 1.11. The number of aryl methyl sites for hydroxylation is 1. The second kappa shape index (κ2) is 9.52. The van der Waals surface area contributed by atoms with Gasteiger partial charge < -0.3 is 24.4 Å². The zero-order chi connectivity index (χ0) is 21.7. The van der Waals surface area contributed by atoms with Crippen molar-refractivity contribution in [1.82, 2.24) is 5.32 Å². The lowest BCUT2D eigenvalue weighted by molar-refractivity contribution is -0.126. The number of nitrogens with zero attached hydrogens (tertiary/aromatic N) is 1. The molecule has 0 bridgehead atoms. The van der Waals surface area contributed by atoms with E-state index in [9.17, 15) is 9.59 Å². The number of ether oxygens (including phenoxy) is 3. The van der Waals surface area contributed by atoms with Crippen LogP contribution in [0, 0.1) is 5.92 Å².